The van der Waals surface area contributed by atoms with Crippen molar-refractivity contribution in [1.29, 1.82) is 0 Å². The third-order valence-corrected chi connectivity index (χ3v) is 4.16. The highest BCUT2D eigenvalue weighted by atomic mass is 16.4. The van der Waals surface area contributed by atoms with Crippen molar-refractivity contribution < 1.29 is 14.6 Å². The molecule has 2 rings (SSSR count). The number of hydrogen-bond donors (Lipinski definition) is 3. The van der Waals surface area contributed by atoms with Gasteiger partial charge < -0.3 is 19.9 Å². The van der Waals surface area contributed by atoms with Crippen LogP contribution in [0.3, 0.4) is 0 Å². The molecule has 0 amide bonds. The topological polar surface area (TPSA) is 65.6 Å². The van der Waals surface area contributed by atoms with Crippen LogP contribution in [0.4, 0.5) is 0 Å². The van der Waals surface area contributed by atoms with Gasteiger partial charge in [0.05, 0.1) is 12.1 Å². The van der Waals surface area contributed by atoms with Crippen LogP contribution in [0.25, 0.3) is 0 Å². The summed E-state index contributed by atoms with van der Waals surface area (Å²) in [6.45, 7) is 5.64. The van der Waals surface area contributed by atoms with Gasteiger partial charge in [-0.2, -0.15) is 0 Å². The molecule has 19 heavy (non-hydrogen) atoms. The minimum Gasteiger partial charge on any atom is -0.462 e. The molecule has 0 saturated heterocycles. The second-order valence-electron chi connectivity index (χ2n) is 6.52. The van der Waals surface area contributed by atoms with Gasteiger partial charge >= 0.3 is 0 Å². The normalized spacial score (nSPS) is 21.5. The Bertz CT molecular complexity index is 401. The summed E-state index contributed by atoms with van der Waals surface area (Å²) in [5.74, 6) is 1.37. The van der Waals surface area contributed by atoms with Gasteiger partial charge in [-0.05, 0) is 43.2 Å². The van der Waals surface area contributed by atoms with Crippen molar-refractivity contribution in [3.05, 3.63) is 23.7 Å². The van der Waals surface area contributed by atoms with Crippen LogP contribution in [0.15, 0.2) is 16.5 Å². The SMILES string of the molecule is CC1(C)CCC(O)(CNCc2ccc(CO)o2)CC1. The fraction of sp³-hybridized carbons (Fsp3) is 0.733. The summed E-state index contributed by atoms with van der Waals surface area (Å²) in [4.78, 5) is 0. The Labute approximate surface area is 114 Å². The standard InChI is InChI=1S/C15H25NO3/c1-14(2)5-7-15(18,8-6-14)11-16-9-12-3-4-13(10-17)19-12/h3-4,16-18H,5-11H2,1-2H3. The van der Waals surface area contributed by atoms with E-state index in [0.717, 1.165) is 31.4 Å². The van der Waals surface area contributed by atoms with E-state index < -0.39 is 5.60 Å². The Morgan fingerprint density at radius 3 is 2.37 bits per heavy atom. The van der Waals surface area contributed by atoms with Crippen molar-refractivity contribution in [1.82, 2.24) is 5.32 Å². The third-order valence-electron chi connectivity index (χ3n) is 4.16. The lowest BCUT2D eigenvalue weighted by Gasteiger charge is -2.40. The van der Waals surface area contributed by atoms with Gasteiger partial charge in [0.2, 0.25) is 0 Å². The molecule has 1 aromatic rings. The monoisotopic (exact) mass is 267 g/mol. The van der Waals surface area contributed by atoms with Crippen LogP contribution in [0.2, 0.25) is 0 Å². The zero-order valence-electron chi connectivity index (χ0n) is 11.9. The highest BCUT2D eigenvalue weighted by Gasteiger charge is 2.36. The van der Waals surface area contributed by atoms with Crippen molar-refractivity contribution in [2.75, 3.05) is 6.54 Å². The Kier molecular flexibility index (Phi) is 4.33. The van der Waals surface area contributed by atoms with Crippen molar-refractivity contribution >= 4 is 0 Å². The van der Waals surface area contributed by atoms with Gasteiger partial charge in [0, 0.05) is 6.54 Å². The quantitative estimate of drug-likeness (QED) is 0.765. The van der Waals surface area contributed by atoms with Gasteiger partial charge in [0.25, 0.3) is 0 Å². The molecule has 108 valence electrons. The number of aliphatic hydroxyl groups excluding tert-OH is 1. The molecule has 0 atom stereocenters. The Hall–Kier alpha value is -0.840. The first kappa shape index (κ1) is 14.6. The summed E-state index contributed by atoms with van der Waals surface area (Å²) in [6.07, 6.45) is 3.85. The molecule has 1 aliphatic carbocycles. The largest absolute Gasteiger partial charge is 0.462 e. The summed E-state index contributed by atoms with van der Waals surface area (Å²) in [6, 6.07) is 3.63. The average molecular weight is 267 g/mol. The Morgan fingerprint density at radius 2 is 1.79 bits per heavy atom. The van der Waals surface area contributed by atoms with E-state index in [1.165, 1.54) is 0 Å². The van der Waals surface area contributed by atoms with E-state index in [4.69, 9.17) is 9.52 Å². The summed E-state index contributed by atoms with van der Waals surface area (Å²) >= 11 is 0. The maximum atomic E-state index is 10.5. The predicted molar refractivity (Wildman–Crippen MR) is 73.5 cm³/mol. The second-order valence-corrected chi connectivity index (χ2v) is 6.52. The second kappa shape index (κ2) is 5.65. The molecule has 3 N–H and O–H groups in total. The van der Waals surface area contributed by atoms with Gasteiger partial charge in [-0.15, -0.1) is 0 Å². The first-order valence-corrected chi connectivity index (χ1v) is 7.04. The van der Waals surface area contributed by atoms with Gasteiger partial charge in [0.15, 0.2) is 0 Å². The van der Waals surface area contributed by atoms with Gasteiger partial charge in [0.1, 0.15) is 18.1 Å². The fourth-order valence-electron chi connectivity index (χ4n) is 2.59. The minimum atomic E-state index is -0.581. The highest BCUT2D eigenvalue weighted by molar-refractivity contribution is 5.06. The molecular weight excluding hydrogens is 242 g/mol. The van der Waals surface area contributed by atoms with E-state index in [1.54, 1.807) is 6.07 Å². The summed E-state index contributed by atoms with van der Waals surface area (Å²) < 4.78 is 5.39. The van der Waals surface area contributed by atoms with Crippen LogP contribution in [0.1, 0.15) is 51.1 Å². The number of nitrogens with one attached hydrogen (secondary N) is 1. The maximum Gasteiger partial charge on any atom is 0.129 e. The number of furan rings is 1. The van der Waals surface area contributed by atoms with E-state index in [-0.39, 0.29) is 6.61 Å². The summed E-state index contributed by atoms with van der Waals surface area (Å²) in [5.41, 5.74) is -0.217. The lowest BCUT2D eigenvalue weighted by Crippen LogP contribution is -2.44. The van der Waals surface area contributed by atoms with Crippen molar-refractivity contribution in [2.45, 2.75) is 58.3 Å². The van der Waals surface area contributed by atoms with Crippen molar-refractivity contribution in [3.63, 3.8) is 0 Å². The van der Waals surface area contributed by atoms with Crippen molar-refractivity contribution in [2.24, 2.45) is 5.41 Å². The molecule has 1 saturated carbocycles. The average Bonchev–Trinajstić information content (AvgIpc) is 2.82. The van der Waals surface area contributed by atoms with Gasteiger partial charge in [-0.1, -0.05) is 13.8 Å². The van der Waals surface area contributed by atoms with E-state index in [0.29, 0.717) is 24.3 Å². The zero-order valence-corrected chi connectivity index (χ0v) is 11.9. The molecule has 4 heteroatoms. The van der Waals surface area contributed by atoms with E-state index in [9.17, 15) is 5.11 Å². The molecule has 0 spiro atoms. The molecule has 0 bridgehead atoms. The molecule has 1 aromatic heterocycles. The lowest BCUT2D eigenvalue weighted by atomic mass is 9.71. The molecule has 4 nitrogen and oxygen atoms in total. The Morgan fingerprint density at radius 1 is 1.16 bits per heavy atom. The zero-order chi connectivity index (χ0) is 13.9. The first-order valence-electron chi connectivity index (χ1n) is 7.04. The van der Waals surface area contributed by atoms with Crippen molar-refractivity contribution in [3.8, 4) is 0 Å². The smallest absolute Gasteiger partial charge is 0.129 e. The molecule has 0 aromatic carbocycles. The molecule has 0 aliphatic heterocycles. The highest BCUT2D eigenvalue weighted by Crippen LogP contribution is 2.39. The van der Waals surface area contributed by atoms with Crippen LogP contribution in [-0.2, 0) is 13.2 Å². The van der Waals surface area contributed by atoms with Crippen LogP contribution in [0, 0.1) is 5.41 Å². The fourth-order valence-corrected chi connectivity index (χ4v) is 2.59. The number of rotatable bonds is 5. The predicted octanol–water partition coefficient (Wildman–Crippen LogP) is 2.19. The maximum absolute atomic E-state index is 10.5. The molecule has 1 fully saturated rings. The lowest BCUT2D eigenvalue weighted by molar-refractivity contribution is -0.0247. The van der Waals surface area contributed by atoms with Gasteiger partial charge in [-0.3, -0.25) is 0 Å². The summed E-state index contributed by atoms with van der Waals surface area (Å²) in [7, 11) is 0. The van der Waals surface area contributed by atoms with E-state index in [1.807, 2.05) is 6.07 Å². The number of hydrogen-bond acceptors (Lipinski definition) is 4. The number of aliphatic hydroxyl groups is 2. The molecule has 1 heterocycles. The molecule has 1 aliphatic rings. The van der Waals surface area contributed by atoms with Crippen LogP contribution >= 0.6 is 0 Å². The molecule has 0 unspecified atom stereocenters. The van der Waals surface area contributed by atoms with Crippen LogP contribution in [-0.4, -0.2) is 22.4 Å². The molecule has 0 radical (unpaired) electrons. The van der Waals surface area contributed by atoms with E-state index >= 15 is 0 Å². The van der Waals surface area contributed by atoms with E-state index in [2.05, 4.69) is 19.2 Å². The molecular formula is C15H25NO3. The van der Waals surface area contributed by atoms with Gasteiger partial charge in [-0.25, -0.2) is 0 Å². The summed E-state index contributed by atoms with van der Waals surface area (Å²) in [5, 5.41) is 22.7. The van der Waals surface area contributed by atoms with Crippen LogP contribution < -0.4 is 5.32 Å². The third kappa shape index (κ3) is 4.06. The Balaban J connectivity index is 1.76. The minimum absolute atomic E-state index is 0.0704. The van der Waals surface area contributed by atoms with Crippen LogP contribution in [0.5, 0.6) is 0 Å². The first-order chi connectivity index (χ1) is 8.92.